The maximum atomic E-state index is 9.06. The predicted octanol–water partition coefficient (Wildman–Crippen LogP) is 4.00. The van der Waals surface area contributed by atoms with E-state index >= 15 is 0 Å². The van der Waals surface area contributed by atoms with Crippen molar-refractivity contribution in [1.82, 2.24) is 0 Å². The molecular weight excluding hydrogens is 244 g/mol. The first kappa shape index (κ1) is 13.0. The SMILES string of the molecule is CSc1ccc(Oc2ccc(CO)cc2C)cc1. The Hall–Kier alpha value is -1.45. The molecule has 2 aromatic carbocycles. The molecule has 0 saturated carbocycles. The summed E-state index contributed by atoms with van der Waals surface area (Å²) in [6.45, 7) is 2.04. The van der Waals surface area contributed by atoms with Gasteiger partial charge in [0.2, 0.25) is 0 Å². The number of benzene rings is 2. The zero-order chi connectivity index (χ0) is 13.0. The lowest BCUT2D eigenvalue weighted by molar-refractivity contribution is 0.281. The van der Waals surface area contributed by atoms with Gasteiger partial charge in [0.15, 0.2) is 0 Å². The molecule has 0 amide bonds. The van der Waals surface area contributed by atoms with Gasteiger partial charge in [0.1, 0.15) is 11.5 Å². The van der Waals surface area contributed by atoms with E-state index in [9.17, 15) is 0 Å². The van der Waals surface area contributed by atoms with E-state index in [1.165, 1.54) is 4.90 Å². The molecule has 3 heteroatoms. The van der Waals surface area contributed by atoms with Gasteiger partial charge in [-0.2, -0.15) is 0 Å². The second-order valence-electron chi connectivity index (χ2n) is 4.04. The summed E-state index contributed by atoms with van der Waals surface area (Å²) in [5.41, 5.74) is 1.92. The van der Waals surface area contributed by atoms with Gasteiger partial charge in [-0.05, 0) is 54.6 Å². The second kappa shape index (κ2) is 5.94. The average Bonchev–Trinajstić information content (AvgIpc) is 2.42. The molecule has 0 atom stereocenters. The number of aliphatic hydroxyl groups is 1. The van der Waals surface area contributed by atoms with Crippen molar-refractivity contribution in [2.24, 2.45) is 0 Å². The van der Waals surface area contributed by atoms with Gasteiger partial charge < -0.3 is 9.84 Å². The Morgan fingerprint density at radius 3 is 2.39 bits per heavy atom. The Morgan fingerprint density at radius 2 is 1.83 bits per heavy atom. The molecule has 0 aliphatic heterocycles. The first-order valence-electron chi connectivity index (χ1n) is 5.75. The fraction of sp³-hybridized carbons (Fsp3) is 0.200. The van der Waals surface area contributed by atoms with Crippen LogP contribution in [0.3, 0.4) is 0 Å². The molecule has 0 fully saturated rings. The zero-order valence-corrected chi connectivity index (χ0v) is 11.3. The van der Waals surface area contributed by atoms with Crippen LogP contribution in [0.25, 0.3) is 0 Å². The molecule has 1 N–H and O–H groups in total. The maximum Gasteiger partial charge on any atom is 0.130 e. The third-order valence-corrected chi connectivity index (χ3v) is 3.45. The molecule has 0 radical (unpaired) electrons. The Balaban J connectivity index is 2.17. The van der Waals surface area contributed by atoms with Crippen LogP contribution in [0.1, 0.15) is 11.1 Å². The number of aliphatic hydroxyl groups excluding tert-OH is 1. The molecule has 0 heterocycles. The molecule has 0 aliphatic carbocycles. The van der Waals surface area contributed by atoms with Crippen molar-refractivity contribution >= 4 is 11.8 Å². The van der Waals surface area contributed by atoms with Crippen LogP contribution in [0, 0.1) is 6.92 Å². The van der Waals surface area contributed by atoms with Gasteiger partial charge in [-0.15, -0.1) is 11.8 Å². The minimum atomic E-state index is 0.0591. The minimum Gasteiger partial charge on any atom is -0.457 e. The van der Waals surface area contributed by atoms with Crippen molar-refractivity contribution in [2.45, 2.75) is 18.4 Å². The summed E-state index contributed by atoms with van der Waals surface area (Å²) in [6.07, 6.45) is 2.05. The van der Waals surface area contributed by atoms with E-state index in [2.05, 4.69) is 0 Å². The van der Waals surface area contributed by atoms with Gasteiger partial charge in [0.05, 0.1) is 6.61 Å². The number of ether oxygens (including phenoxy) is 1. The lowest BCUT2D eigenvalue weighted by atomic mass is 10.1. The molecular formula is C15H16O2S. The first-order chi connectivity index (χ1) is 8.72. The van der Waals surface area contributed by atoms with Crippen LogP contribution in [0.5, 0.6) is 11.5 Å². The monoisotopic (exact) mass is 260 g/mol. The van der Waals surface area contributed by atoms with Crippen LogP contribution in [0.2, 0.25) is 0 Å². The van der Waals surface area contributed by atoms with Crippen molar-refractivity contribution in [3.63, 3.8) is 0 Å². The highest BCUT2D eigenvalue weighted by atomic mass is 32.2. The highest BCUT2D eigenvalue weighted by Crippen LogP contribution is 2.27. The van der Waals surface area contributed by atoms with E-state index in [1.54, 1.807) is 11.8 Å². The van der Waals surface area contributed by atoms with Gasteiger partial charge in [0, 0.05) is 4.90 Å². The lowest BCUT2D eigenvalue weighted by Gasteiger charge is -2.10. The fourth-order valence-electron chi connectivity index (χ4n) is 1.70. The lowest BCUT2D eigenvalue weighted by Crippen LogP contribution is -1.90. The summed E-state index contributed by atoms with van der Waals surface area (Å²) in [5, 5.41) is 9.06. The van der Waals surface area contributed by atoms with Crippen molar-refractivity contribution in [3.8, 4) is 11.5 Å². The predicted molar refractivity (Wildman–Crippen MR) is 75.4 cm³/mol. The van der Waals surface area contributed by atoms with Crippen LogP contribution in [0.4, 0.5) is 0 Å². The quantitative estimate of drug-likeness (QED) is 0.842. The van der Waals surface area contributed by atoms with Gasteiger partial charge >= 0.3 is 0 Å². The smallest absolute Gasteiger partial charge is 0.130 e. The largest absolute Gasteiger partial charge is 0.457 e. The highest BCUT2D eigenvalue weighted by Gasteiger charge is 2.02. The zero-order valence-electron chi connectivity index (χ0n) is 10.5. The van der Waals surface area contributed by atoms with E-state index in [0.717, 1.165) is 22.6 Å². The van der Waals surface area contributed by atoms with Gasteiger partial charge in [-0.1, -0.05) is 12.1 Å². The molecule has 2 rings (SSSR count). The molecule has 2 nitrogen and oxygen atoms in total. The van der Waals surface area contributed by atoms with E-state index in [4.69, 9.17) is 9.84 Å². The first-order valence-corrected chi connectivity index (χ1v) is 6.97. The number of aryl methyl sites for hydroxylation is 1. The third kappa shape index (κ3) is 3.06. The summed E-state index contributed by atoms with van der Waals surface area (Å²) < 4.78 is 5.82. The molecule has 0 aliphatic rings. The average molecular weight is 260 g/mol. The topological polar surface area (TPSA) is 29.5 Å². The molecule has 2 aromatic rings. The molecule has 0 aromatic heterocycles. The second-order valence-corrected chi connectivity index (χ2v) is 4.92. The fourth-order valence-corrected chi connectivity index (χ4v) is 2.10. The van der Waals surface area contributed by atoms with E-state index in [0.29, 0.717) is 0 Å². The van der Waals surface area contributed by atoms with Crippen LogP contribution >= 0.6 is 11.8 Å². The van der Waals surface area contributed by atoms with Crippen LogP contribution in [-0.4, -0.2) is 11.4 Å². The van der Waals surface area contributed by atoms with Gasteiger partial charge in [-0.25, -0.2) is 0 Å². The molecule has 0 unspecified atom stereocenters. The van der Waals surface area contributed by atoms with Crippen LogP contribution in [-0.2, 0) is 6.61 Å². The maximum absolute atomic E-state index is 9.06. The normalized spacial score (nSPS) is 10.4. The minimum absolute atomic E-state index is 0.0591. The van der Waals surface area contributed by atoms with E-state index in [1.807, 2.05) is 55.6 Å². The highest BCUT2D eigenvalue weighted by molar-refractivity contribution is 7.98. The summed E-state index contributed by atoms with van der Waals surface area (Å²) >= 11 is 1.71. The number of thioether (sulfide) groups is 1. The molecule has 18 heavy (non-hydrogen) atoms. The third-order valence-electron chi connectivity index (χ3n) is 2.71. The Labute approximate surface area is 112 Å². The Morgan fingerprint density at radius 1 is 1.11 bits per heavy atom. The van der Waals surface area contributed by atoms with E-state index < -0.39 is 0 Å². The summed E-state index contributed by atoms with van der Waals surface area (Å²) in [6, 6.07) is 13.7. The Bertz CT molecular complexity index is 521. The number of hydrogen-bond acceptors (Lipinski definition) is 3. The summed E-state index contributed by atoms with van der Waals surface area (Å²) in [7, 11) is 0. The standard InChI is InChI=1S/C15H16O2S/c1-11-9-12(10-16)3-8-15(11)17-13-4-6-14(18-2)7-5-13/h3-9,16H,10H2,1-2H3. The van der Waals surface area contributed by atoms with Crippen molar-refractivity contribution < 1.29 is 9.84 Å². The molecule has 94 valence electrons. The van der Waals surface area contributed by atoms with Gasteiger partial charge in [-0.3, -0.25) is 0 Å². The molecule has 0 saturated heterocycles. The van der Waals surface area contributed by atoms with Crippen LogP contribution < -0.4 is 4.74 Å². The molecule has 0 bridgehead atoms. The van der Waals surface area contributed by atoms with Crippen molar-refractivity contribution in [2.75, 3.05) is 6.26 Å². The summed E-state index contributed by atoms with van der Waals surface area (Å²) in [5.74, 6) is 1.65. The number of rotatable bonds is 4. The molecule has 0 spiro atoms. The summed E-state index contributed by atoms with van der Waals surface area (Å²) in [4.78, 5) is 1.22. The van der Waals surface area contributed by atoms with Crippen molar-refractivity contribution in [3.05, 3.63) is 53.6 Å². The van der Waals surface area contributed by atoms with E-state index in [-0.39, 0.29) is 6.61 Å². The van der Waals surface area contributed by atoms with Gasteiger partial charge in [0.25, 0.3) is 0 Å². The Kier molecular flexibility index (Phi) is 4.28. The number of hydrogen-bond donors (Lipinski definition) is 1. The van der Waals surface area contributed by atoms with Crippen LogP contribution in [0.15, 0.2) is 47.4 Å². The van der Waals surface area contributed by atoms with Crippen molar-refractivity contribution in [1.29, 1.82) is 0 Å².